The van der Waals surface area contributed by atoms with E-state index in [0.29, 0.717) is 12.2 Å². The highest BCUT2D eigenvalue weighted by Gasteiger charge is 2.11. The number of pyridine rings is 1. The number of nitrogens with zero attached hydrogens (tertiary/aromatic N) is 1. The van der Waals surface area contributed by atoms with Gasteiger partial charge in [-0.1, -0.05) is 18.2 Å². The molecule has 2 aromatic carbocycles. The van der Waals surface area contributed by atoms with Crippen LogP contribution in [0.4, 0.5) is 0 Å². The quantitative estimate of drug-likeness (QED) is 0.492. The molecule has 3 N–H and O–H groups in total. The van der Waals surface area contributed by atoms with Gasteiger partial charge >= 0.3 is 0 Å². The molecule has 0 spiro atoms. The van der Waals surface area contributed by atoms with Gasteiger partial charge in [0.25, 0.3) is 5.56 Å². The molecule has 1 aliphatic rings. The lowest BCUT2D eigenvalue weighted by atomic mass is 10.1. The van der Waals surface area contributed by atoms with Crippen molar-refractivity contribution in [1.82, 2.24) is 20.2 Å². The SMILES string of the molecule is O=c1[nH]c2ccccc2cc1-c1cc2cc(OCCN3CCNCC3)ccc2[nH]1. The first kappa shape index (κ1) is 18.0. The lowest BCUT2D eigenvalue weighted by Crippen LogP contribution is -2.44. The molecule has 148 valence electrons. The summed E-state index contributed by atoms with van der Waals surface area (Å²) < 4.78 is 5.97. The van der Waals surface area contributed by atoms with Crippen LogP contribution < -0.4 is 15.6 Å². The minimum Gasteiger partial charge on any atom is -0.492 e. The Balaban J connectivity index is 1.36. The van der Waals surface area contributed by atoms with E-state index in [9.17, 15) is 4.79 Å². The Morgan fingerprint density at radius 1 is 0.897 bits per heavy atom. The van der Waals surface area contributed by atoms with E-state index in [0.717, 1.165) is 66.0 Å². The van der Waals surface area contributed by atoms with Gasteiger partial charge in [0.05, 0.1) is 11.3 Å². The number of hydrogen-bond donors (Lipinski definition) is 3. The Bertz CT molecular complexity index is 1200. The van der Waals surface area contributed by atoms with Crippen LogP contribution in [0.3, 0.4) is 0 Å². The number of para-hydroxylation sites is 1. The smallest absolute Gasteiger partial charge is 0.257 e. The zero-order chi connectivity index (χ0) is 19.6. The number of aromatic amines is 2. The molecule has 6 heteroatoms. The van der Waals surface area contributed by atoms with Crippen molar-refractivity contribution in [3.8, 4) is 17.0 Å². The second-order valence-electron chi connectivity index (χ2n) is 7.47. The van der Waals surface area contributed by atoms with E-state index in [1.54, 1.807) is 0 Å². The number of ether oxygens (including phenoxy) is 1. The summed E-state index contributed by atoms with van der Waals surface area (Å²) in [6.45, 7) is 5.85. The van der Waals surface area contributed by atoms with Crippen LogP contribution in [0.25, 0.3) is 33.1 Å². The fraction of sp³-hybridized carbons (Fsp3) is 0.261. The normalized spacial score (nSPS) is 15.2. The molecule has 2 aromatic heterocycles. The van der Waals surface area contributed by atoms with Crippen molar-refractivity contribution in [2.45, 2.75) is 0 Å². The first-order valence-electron chi connectivity index (χ1n) is 10.1. The van der Waals surface area contributed by atoms with Gasteiger partial charge in [0, 0.05) is 49.1 Å². The maximum Gasteiger partial charge on any atom is 0.257 e. The zero-order valence-electron chi connectivity index (χ0n) is 16.2. The average molecular weight is 388 g/mol. The summed E-state index contributed by atoms with van der Waals surface area (Å²) in [5.41, 5.74) is 3.19. The third kappa shape index (κ3) is 3.77. The maximum absolute atomic E-state index is 12.6. The molecule has 29 heavy (non-hydrogen) atoms. The van der Waals surface area contributed by atoms with Crippen molar-refractivity contribution >= 4 is 21.8 Å². The Morgan fingerprint density at radius 3 is 2.62 bits per heavy atom. The van der Waals surface area contributed by atoms with Crippen molar-refractivity contribution in [3.63, 3.8) is 0 Å². The van der Waals surface area contributed by atoms with E-state index >= 15 is 0 Å². The van der Waals surface area contributed by atoms with Crippen LogP contribution in [-0.4, -0.2) is 54.2 Å². The molecular formula is C23H24N4O2. The van der Waals surface area contributed by atoms with Crippen LogP contribution >= 0.6 is 0 Å². The number of piperazine rings is 1. The van der Waals surface area contributed by atoms with E-state index in [-0.39, 0.29) is 5.56 Å². The van der Waals surface area contributed by atoms with Crippen molar-refractivity contribution in [2.75, 3.05) is 39.3 Å². The Kier molecular flexibility index (Phi) is 4.79. The molecule has 0 bridgehead atoms. The summed E-state index contributed by atoms with van der Waals surface area (Å²) in [7, 11) is 0. The van der Waals surface area contributed by atoms with Crippen LogP contribution in [0, 0.1) is 0 Å². The fourth-order valence-electron chi connectivity index (χ4n) is 3.92. The van der Waals surface area contributed by atoms with Crippen LogP contribution in [0.15, 0.2) is 59.4 Å². The van der Waals surface area contributed by atoms with E-state index in [4.69, 9.17) is 4.74 Å². The number of aromatic nitrogens is 2. The number of H-pyrrole nitrogens is 2. The molecule has 1 fully saturated rings. The molecule has 6 nitrogen and oxygen atoms in total. The average Bonchev–Trinajstić information content (AvgIpc) is 3.17. The van der Waals surface area contributed by atoms with Crippen LogP contribution in [0.2, 0.25) is 0 Å². The molecule has 0 aliphatic carbocycles. The molecule has 0 amide bonds. The van der Waals surface area contributed by atoms with Gasteiger partial charge in [-0.05, 0) is 41.8 Å². The number of nitrogens with one attached hydrogen (secondary N) is 3. The molecule has 0 unspecified atom stereocenters. The van der Waals surface area contributed by atoms with Gasteiger partial charge in [-0.25, -0.2) is 0 Å². The standard InChI is InChI=1S/C23H24N4O2/c28-23-19(14-16-3-1-2-4-20(16)26-23)22-15-17-13-18(5-6-21(17)25-22)29-12-11-27-9-7-24-8-10-27/h1-6,13-15,24-25H,7-12H2,(H,26,28). The predicted octanol–water partition coefficient (Wildman–Crippen LogP) is 2.96. The van der Waals surface area contributed by atoms with Crippen molar-refractivity contribution in [1.29, 1.82) is 0 Å². The molecule has 5 rings (SSSR count). The molecule has 0 saturated carbocycles. The van der Waals surface area contributed by atoms with Gasteiger partial charge in [-0.3, -0.25) is 9.69 Å². The summed E-state index contributed by atoms with van der Waals surface area (Å²) in [5.74, 6) is 0.852. The monoisotopic (exact) mass is 388 g/mol. The molecule has 4 aromatic rings. The number of fused-ring (bicyclic) bond motifs is 2. The number of rotatable bonds is 5. The van der Waals surface area contributed by atoms with Crippen LogP contribution in [-0.2, 0) is 0 Å². The topological polar surface area (TPSA) is 73.2 Å². The van der Waals surface area contributed by atoms with Gasteiger partial charge in [0.2, 0.25) is 0 Å². The van der Waals surface area contributed by atoms with Gasteiger partial charge in [-0.15, -0.1) is 0 Å². The number of benzene rings is 2. The van der Waals surface area contributed by atoms with Crippen LogP contribution in [0.1, 0.15) is 0 Å². The van der Waals surface area contributed by atoms with E-state index < -0.39 is 0 Å². The Morgan fingerprint density at radius 2 is 1.72 bits per heavy atom. The van der Waals surface area contributed by atoms with E-state index in [1.165, 1.54) is 0 Å². The molecule has 1 saturated heterocycles. The molecule has 0 radical (unpaired) electrons. The zero-order valence-corrected chi connectivity index (χ0v) is 16.2. The first-order valence-corrected chi connectivity index (χ1v) is 10.1. The highest BCUT2D eigenvalue weighted by molar-refractivity contribution is 5.89. The summed E-state index contributed by atoms with van der Waals surface area (Å²) in [5, 5.41) is 5.41. The van der Waals surface area contributed by atoms with Gasteiger partial charge in [0.15, 0.2) is 0 Å². The third-order valence-electron chi connectivity index (χ3n) is 5.52. The fourth-order valence-corrected chi connectivity index (χ4v) is 3.92. The summed E-state index contributed by atoms with van der Waals surface area (Å²) in [6.07, 6.45) is 0. The van der Waals surface area contributed by atoms with Crippen molar-refractivity contribution in [2.24, 2.45) is 0 Å². The van der Waals surface area contributed by atoms with E-state index in [2.05, 4.69) is 20.2 Å². The lowest BCUT2D eigenvalue weighted by Gasteiger charge is -2.26. The summed E-state index contributed by atoms with van der Waals surface area (Å²) in [4.78, 5) is 21.3. The molecule has 1 aliphatic heterocycles. The minimum atomic E-state index is -0.0947. The summed E-state index contributed by atoms with van der Waals surface area (Å²) >= 11 is 0. The Labute approximate surface area is 168 Å². The largest absolute Gasteiger partial charge is 0.492 e. The van der Waals surface area contributed by atoms with Crippen LogP contribution in [0.5, 0.6) is 5.75 Å². The maximum atomic E-state index is 12.6. The predicted molar refractivity (Wildman–Crippen MR) is 117 cm³/mol. The van der Waals surface area contributed by atoms with Gasteiger partial charge in [-0.2, -0.15) is 0 Å². The second-order valence-corrected chi connectivity index (χ2v) is 7.47. The number of hydrogen-bond acceptors (Lipinski definition) is 4. The van der Waals surface area contributed by atoms with E-state index in [1.807, 2.05) is 54.6 Å². The lowest BCUT2D eigenvalue weighted by molar-refractivity contribution is 0.191. The van der Waals surface area contributed by atoms with Crippen molar-refractivity contribution < 1.29 is 4.74 Å². The second kappa shape index (κ2) is 7.73. The van der Waals surface area contributed by atoms with Gasteiger partial charge in [0.1, 0.15) is 12.4 Å². The first-order chi connectivity index (χ1) is 14.3. The van der Waals surface area contributed by atoms with Gasteiger partial charge < -0.3 is 20.0 Å². The molecule has 0 atom stereocenters. The highest BCUT2D eigenvalue weighted by Crippen LogP contribution is 2.26. The van der Waals surface area contributed by atoms with Crippen molar-refractivity contribution in [3.05, 3.63) is 65.0 Å². The molecular weight excluding hydrogens is 364 g/mol. The summed E-state index contributed by atoms with van der Waals surface area (Å²) in [6, 6.07) is 17.8. The highest BCUT2D eigenvalue weighted by atomic mass is 16.5. The third-order valence-corrected chi connectivity index (χ3v) is 5.52. The molecule has 3 heterocycles. The minimum absolute atomic E-state index is 0.0947. The Hall–Kier alpha value is -3.09.